The molecule has 11 rings (SSSR count). The molecule has 0 spiro atoms. The van der Waals surface area contributed by atoms with Gasteiger partial charge in [-0.15, -0.1) is 0 Å². The van der Waals surface area contributed by atoms with Gasteiger partial charge in [0.2, 0.25) is 6.29 Å². The topological polar surface area (TPSA) is 173 Å². The normalized spacial score (nSPS) is 25.9. The highest BCUT2D eigenvalue weighted by atomic mass is 16.8. The third-order valence-electron chi connectivity index (χ3n) is 16.6. The molecular formula is C78H84O17. The summed E-state index contributed by atoms with van der Waals surface area (Å²) >= 11 is 0. The van der Waals surface area contributed by atoms with Crippen LogP contribution in [0.1, 0.15) is 65.3 Å². The van der Waals surface area contributed by atoms with Crippen molar-refractivity contribution in [1.82, 2.24) is 0 Å². The summed E-state index contributed by atoms with van der Waals surface area (Å²) in [4.78, 5) is 27.6. The minimum absolute atomic E-state index is 0.0160. The number of ether oxygens (including phenoxy) is 15. The van der Waals surface area contributed by atoms with Crippen LogP contribution in [0.2, 0.25) is 0 Å². The lowest BCUT2D eigenvalue weighted by Gasteiger charge is -2.51. The highest BCUT2D eigenvalue weighted by molar-refractivity contribution is 5.66. The summed E-state index contributed by atoms with van der Waals surface area (Å²) in [5, 5.41) is 0. The molecule has 3 saturated heterocycles. The summed E-state index contributed by atoms with van der Waals surface area (Å²) in [6.45, 7) is 5.64. The molecule has 15 atom stereocenters. The van der Waals surface area contributed by atoms with E-state index in [0.29, 0.717) is 0 Å². The van der Waals surface area contributed by atoms with Crippen LogP contribution < -0.4 is 0 Å². The van der Waals surface area contributed by atoms with Gasteiger partial charge in [-0.2, -0.15) is 0 Å². The third-order valence-corrected chi connectivity index (χ3v) is 16.6. The largest absolute Gasteiger partial charge is 0.454 e. The van der Waals surface area contributed by atoms with E-state index in [1.807, 2.05) is 250 Å². The zero-order chi connectivity index (χ0) is 65.4. The van der Waals surface area contributed by atoms with Gasteiger partial charge in [-0.3, -0.25) is 9.59 Å². The molecule has 0 N–H and O–H groups in total. The predicted molar refractivity (Wildman–Crippen MR) is 351 cm³/mol. The van der Waals surface area contributed by atoms with Crippen LogP contribution in [0.5, 0.6) is 0 Å². The molecule has 0 saturated carbocycles. The Kier molecular flexibility index (Phi) is 25.8. The zero-order valence-electron chi connectivity index (χ0n) is 53.8. The molecule has 498 valence electrons. The minimum Gasteiger partial charge on any atom is -0.454 e. The molecule has 3 fully saturated rings. The van der Waals surface area contributed by atoms with Crippen molar-refractivity contribution in [1.29, 1.82) is 0 Å². The monoisotopic (exact) mass is 1290 g/mol. The lowest BCUT2D eigenvalue weighted by molar-refractivity contribution is -0.408. The minimum atomic E-state index is -1.49. The van der Waals surface area contributed by atoms with Gasteiger partial charge in [0.1, 0.15) is 54.9 Å². The molecule has 3 aliphatic heterocycles. The van der Waals surface area contributed by atoms with Gasteiger partial charge in [0.05, 0.1) is 72.2 Å². The van der Waals surface area contributed by atoms with Crippen molar-refractivity contribution >= 4 is 11.9 Å². The molecule has 17 heteroatoms. The van der Waals surface area contributed by atoms with Crippen molar-refractivity contribution in [2.45, 2.75) is 166 Å². The maximum absolute atomic E-state index is 13.8. The molecule has 0 aliphatic carbocycles. The predicted octanol–water partition coefficient (Wildman–Crippen LogP) is 12.4. The number of esters is 2. The maximum Gasteiger partial charge on any atom is 0.303 e. The molecule has 3 aliphatic rings. The first-order valence-corrected chi connectivity index (χ1v) is 32.5. The molecule has 0 bridgehead atoms. The number of benzene rings is 8. The Morgan fingerprint density at radius 3 is 0.821 bits per heavy atom. The van der Waals surface area contributed by atoms with Crippen molar-refractivity contribution in [2.24, 2.45) is 0 Å². The second kappa shape index (κ2) is 35.8. The van der Waals surface area contributed by atoms with Gasteiger partial charge in [-0.25, -0.2) is 0 Å². The van der Waals surface area contributed by atoms with E-state index < -0.39 is 104 Å². The highest BCUT2D eigenvalue weighted by Crippen LogP contribution is 2.39. The van der Waals surface area contributed by atoms with Crippen LogP contribution >= 0.6 is 0 Å². The Hall–Kier alpha value is -7.82. The number of rotatable bonds is 32. The lowest BCUT2D eigenvalue weighted by atomic mass is 9.95. The first-order chi connectivity index (χ1) is 46.7. The smallest absolute Gasteiger partial charge is 0.303 e. The van der Waals surface area contributed by atoms with E-state index in [0.717, 1.165) is 44.5 Å². The van der Waals surface area contributed by atoms with Crippen LogP contribution in [-0.2, 0) is 133 Å². The van der Waals surface area contributed by atoms with Gasteiger partial charge in [-0.1, -0.05) is 243 Å². The van der Waals surface area contributed by atoms with Crippen LogP contribution in [0.4, 0.5) is 0 Å². The van der Waals surface area contributed by atoms with Gasteiger partial charge in [0.25, 0.3) is 0 Å². The summed E-state index contributed by atoms with van der Waals surface area (Å²) in [7, 11) is 0. The number of carbonyl (C=O) groups excluding carboxylic acids is 2. The second-order valence-electron chi connectivity index (χ2n) is 23.7. The molecule has 8 aromatic rings. The Labute approximate surface area is 556 Å². The average molecular weight is 1290 g/mol. The van der Waals surface area contributed by atoms with Crippen molar-refractivity contribution in [3.63, 3.8) is 0 Å². The molecule has 95 heavy (non-hydrogen) atoms. The van der Waals surface area contributed by atoms with E-state index in [1.165, 1.54) is 13.8 Å². The van der Waals surface area contributed by atoms with E-state index in [4.69, 9.17) is 71.1 Å². The summed E-state index contributed by atoms with van der Waals surface area (Å²) < 4.78 is 104. The Morgan fingerprint density at radius 1 is 0.284 bits per heavy atom. The highest BCUT2D eigenvalue weighted by Gasteiger charge is 2.57. The van der Waals surface area contributed by atoms with E-state index in [-0.39, 0.29) is 66.1 Å². The fraction of sp³-hybridized carbons (Fsp3) is 0.359. The van der Waals surface area contributed by atoms with Crippen molar-refractivity contribution in [3.05, 3.63) is 287 Å². The fourth-order valence-corrected chi connectivity index (χ4v) is 11.9. The van der Waals surface area contributed by atoms with Crippen molar-refractivity contribution in [3.8, 4) is 0 Å². The van der Waals surface area contributed by atoms with Crippen LogP contribution in [0, 0.1) is 0 Å². The Morgan fingerprint density at radius 2 is 0.526 bits per heavy atom. The number of carbonyl (C=O) groups is 2. The van der Waals surface area contributed by atoms with Gasteiger partial charge in [0.15, 0.2) is 24.8 Å². The molecule has 0 unspecified atom stereocenters. The fourth-order valence-electron chi connectivity index (χ4n) is 11.9. The van der Waals surface area contributed by atoms with Gasteiger partial charge < -0.3 is 71.1 Å². The van der Waals surface area contributed by atoms with Gasteiger partial charge >= 0.3 is 11.9 Å². The SMILES string of the molecule is CC(=O)O[C@H]1[C@H](O[C@H]2O[C@@H](C)[C@H](OCc3ccccc3)[C@@H](OCc3ccccc3)[C@H]2O[C@@H]2O[C@H](COCc3ccccc3)[C@@H](OCc3ccccc3)[C@H](OCc3ccccc3)[C@H]2OC(C)=O)O[C@H](COCc2ccccc2)[C@@H](OCc2ccccc2)[C@@H]1OCc1ccccc1. The van der Waals surface area contributed by atoms with Crippen LogP contribution in [0.15, 0.2) is 243 Å². The molecule has 0 amide bonds. The second-order valence-corrected chi connectivity index (χ2v) is 23.7. The standard InChI is InChI=1S/C78H84O17/c1-54-67(83-46-59-32-16-6-17-33-59)70(86-49-62-38-22-9-23-39-62)75(94-77-73(90-55(2)79)71(87-50-63-40-24-10-25-41-63)68(84-47-60-34-18-7-19-35-60)65(92-77)52-81-44-57-28-12-4-13-29-57)76(89-54)95-78-74(91-56(3)80)72(88-51-64-42-26-11-27-43-64)69(85-48-61-36-20-8-21-37-61)66(93-78)53-82-45-58-30-14-5-15-31-58/h4-43,54,65-78H,44-53H2,1-3H3/t54-,65+,66+,67-,68+,69+,70+,71-,72-,73+,74+,75+,76+,77-,78-/m0/s1. The van der Waals surface area contributed by atoms with E-state index in [1.54, 1.807) is 0 Å². The Balaban J connectivity index is 1.01. The van der Waals surface area contributed by atoms with E-state index in [2.05, 4.69) is 0 Å². The number of hydrogen-bond donors (Lipinski definition) is 0. The first kappa shape index (κ1) is 68.6. The van der Waals surface area contributed by atoms with Gasteiger partial charge in [-0.05, 0) is 51.4 Å². The molecule has 3 heterocycles. The summed E-state index contributed by atoms with van der Waals surface area (Å²) in [6.07, 6.45) is -17.0. The molecule has 0 radical (unpaired) electrons. The molecule has 17 nitrogen and oxygen atoms in total. The van der Waals surface area contributed by atoms with E-state index in [9.17, 15) is 9.59 Å². The van der Waals surface area contributed by atoms with Crippen LogP contribution in [0.25, 0.3) is 0 Å². The van der Waals surface area contributed by atoms with Gasteiger partial charge in [0, 0.05) is 13.8 Å². The lowest BCUT2D eigenvalue weighted by Crippen LogP contribution is -2.67. The van der Waals surface area contributed by atoms with Crippen molar-refractivity contribution < 1.29 is 80.6 Å². The summed E-state index contributed by atoms with van der Waals surface area (Å²) in [5.74, 6) is -1.29. The quantitative estimate of drug-likeness (QED) is 0.0364. The summed E-state index contributed by atoms with van der Waals surface area (Å²) in [6, 6.07) is 77.9. The van der Waals surface area contributed by atoms with E-state index >= 15 is 0 Å². The van der Waals surface area contributed by atoms with Crippen LogP contribution in [-0.4, -0.2) is 117 Å². The Bertz CT molecular complexity index is 3470. The summed E-state index contributed by atoms with van der Waals surface area (Å²) in [5.41, 5.74) is 7.10. The average Bonchev–Trinajstić information content (AvgIpc) is 0.784. The number of hydrogen-bond acceptors (Lipinski definition) is 17. The third kappa shape index (κ3) is 20.1. The van der Waals surface area contributed by atoms with Crippen LogP contribution in [0.3, 0.4) is 0 Å². The molecular weight excluding hydrogens is 1210 g/mol. The maximum atomic E-state index is 13.8. The van der Waals surface area contributed by atoms with Crippen molar-refractivity contribution in [2.75, 3.05) is 13.2 Å². The molecule has 0 aromatic heterocycles. The zero-order valence-corrected chi connectivity index (χ0v) is 53.8. The first-order valence-electron chi connectivity index (χ1n) is 32.5. The molecule has 8 aromatic carbocycles.